The van der Waals surface area contributed by atoms with Crippen molar-refractivity contribution in [3.63, 3.8) is 0 Å². The van der Waals surface area contributed by atoms with Crippen molar-refractivity contribution in [3.05, 3.63) is 35.9 Å². The molecule has 23 heavy (non-hydrogen) atoms. The van der Waals surface area contributed by atoms with E-state index in [-0.39, 0.29) is 17.9 Å². The molecule has 2 N–H and O–H groups in total. The molecule has 0 bridgehead atoms. The van der Waals surface area contributed by atoms with Gasteiger partial charge in [0.25, 0.3) is 0 Å². The lowest BCUT2D eigenvalue weighted by atomic mass is 9.89. The lowest BCUT2D eigenvalue weighted by Gasteiger charge is -2.42. The number of rotatable bonds is 5. The highest BCUT2D eigenvalue weighted by Crippen LogP contribution is 2.26. The molecule has 4 heteroatoms. The van der Waals surface area contributed by atoms with Crippen LogP contribution in [-0.2, 0) is 4.79 Å². The summed E-state index contributed by atoms with van der Waals surface area (Å²) in [6.45, 7) is 9.62. The topological polar surface area (TPSA) is 49.6 Å². The molecule has 1 fully saturated rings. The molecule has 1 amide bonds. The third-order valence-corrected chi connectivity index (χ3v) is 5.35. The van der Waals surface area contributed by atoms with E-state index in [1.54, 1.807) is 0 Å². The van der Waals surface area contributed by atoms with Gasteiger partial charge >= 0.3 is 0 Å². The van der Waals surface area contributed by atoms with Crippen LogP contribution in [0.15, 0.2) is 30.3 Å². The minimum atomic E-state index is -0.253. The summed E-state index contributed by atoms with van der Waals surface area (Å²) in [6, 6.07) is 9.97. The first-order valence-electron chi connectivity index (χ1n) is 8.75. The first-order chi connectivity index (χ1) is 11.0. The van der Waals surface area contributed by atoms with E-state index in [1.165, 1.54) is 0 Å². The van der Waals surface area contributed by atoms with Crippen LogP contribution in [0.3, 0.4) is 0 Å². The van der Waals surface area contributed by atoms with Crippen LogP contribution in [0.2, 0.25) is 0 Å². The highest BCUT2D eigenvalue weighted by Gasteiger charge is 2.33. The molecule has 1 aromatic carbocycles. The van der Waals surface area contributed by atoms with Gasteiger partial charge in [0.05, 0.1) is 5.92 Å². The molecular formula is C19H31N3O. The monoisotopic (exact) mass is 317 g/mol. The largest absolute Gasteiger partial charge is 0.342 e. The van der Waals surface area contributed by atoms with Crippen molar-refractivity contribution in [2.45, 2.75) is 39.3 Å². The molecule has 2 rings (SSSR count). The van der Waals surface area contributed by atoms with Gasteiger partial charge in [-0.25, -0.2) is 0 Å². The van der Waals surface area contributed by atoms with Gasteiger partial charge in [-0.1, -0.05) is 51.1 Å². The lowest BCUT2D eigenvalue weighted by molar-refractivity contribution is -0.138. The second kappa shape index (κ2) is 7.93. The molecule has 0 saturated carbocycles. The van der Waals surface area contributed by atoms with Crippen molar-refractivity contribution >= 4 is 5.91 Å². The molecular weight excluding hydrogens is 286 g/mol. The molecule has 1 heterocycles. The molecule has 1 aliphatic rings. The normalized spacial score (nSPS) is 24.9. The quantitative estimate of drug-likeness (QED) is 0.908. The van der Waals surface area contributed by atoms with Crippen LogP contribution in [0.25, 0.3) is 0 Å². The van der Waals surface area contributed by atoms with Gasteiger partial charge in [-0.2, -0.15) is 0 Å². The Kier molecular flexibility index (Phi) is 6.19. The Balaban J connectivity index is 2.01. The Morgan fingerprint density at radius 1 is 1.39 bits per heavy atom. The fourth-order valence-corrected chi connectivity index (χ4v) is 3.68. The molecule has 4 nitrogen and oxygen atoms in total. The van der Waals surface area contributed by atoms with Crippen LogP contribution < -0.4 is 5.73 Å². The van der Waals surface area contributed by atoms with Crippen molar-refractivity contribution in [2.24, 2.45) is 17.6 Å². The summed E-state index contributed by atoms with van der Waals surface area (Å²) in [6.07, 6.45) is 1.05. The maximum Gasteiger partial charge on any atom is 0.227 e. The SMILES string of the molecule is CCN1CC[C@H](N(C)C(=O)[C@H](C)[C@@H](N)c2ccccc2)[C@@H](C)C1. The molecule has 0 aliphatic carbocycles. The molecule has 0 unspecified atom stereocenters. The lowest BCUT2D eigenvalue weighted by Crippen LogP contribution is -2.52. The Morgan fingerprint density at radius 2 is 2.04 bits per heavy atom. The fraction of sp³-hybridized carbons (Fsp3) is 0.632. The summed E-state index contributed by atoms with van der Waals surface area (Å²) < 4.78 is 0. The average molecular weight is 317 g/mol. The average Bonchev–Trinajstić information content (AvgIpc) is 2.59. The minimum Gasteiger partial charge on any atom is -0.342 e. The second-order valence-corrected chi connectivity index (χ2v) is 6.90. The predicted molar refractivity (Wildman–Crippen MR) is 95.0 cm³/mol. The molecule has 0 spiro atoms. The molecule has 1 saturated heterocycles. The third-order valence-electron chi connectivity index (χ3n) is 5.35. The molecule has 0 radical (unpaired) electrons. The van der Waals surface area contributed by atoms with Crippen LogP contribution in [0, 0.1) is 11.8 Å². The Bertz CT molecular complexity index is 505. The Hall–Kier alpha value is -1.39. The van der Waals surface area contributed by atoms with E-state index in [9.17, 15) is 4.79 Å². The van der Waals surface area contributed by atoms with Gasteiger partial charge in [0.1, 0.15) is 0 Å². The second-order valence-electron chi connectivity index (χ2n) is 6.90. The van der Waals surface area contributed by atoms with Crippen molar-refractivity contribution in [1.29, 1.82) is 0 Å². The van der Waals surface area contributed by atoms with Crippen LogP contribution in [-0.4, -0.2) is 48.4 Å². The van der Waals surface area contributed by atoms with Gasteiger partial charge in [-0.15, -0.1) is 0 Å². The highest BCUT2D eigenvalue weighted by atomic mass is 16.2. The molecule has 128 valence electrons. The maximum atomic E-state index is 12.9. The van der Waals surface area contributed by atoms with Crippen LogP contribution in [0.5, 0.6) is 0 Å². The number of hydrogen-bond donors (Lipinski definition) is 1. The van der Waals surface area contributed by atoms with Gasteiger partial charge < -0.3 is 15.5 Å². The van der Waals surface area contributed by atoms with E-state index in [2.05, 4.69) is 18.7 Å². The number of hydrogen-bond acceptors (Lipinski definition) is 3. The summed E-state index contributed by atoms with van der Waals surface area (Å²) in [5, 5.41) is 0. The molecule has 1 aromatic rings. The number of benzene rings is 1. The number of carbonyl (C=O) groups excluding carboxylic acids is 1. The Labute approximate surface area is 140 Å². The van der Waals surface area contributed by atoms with E-state index in [0.717, 1.165) is 31.6 Å². The first kappa shape index (κ1) is 18.0. The number of nitrogens with zero attached hydrogens (tertiary/aromatic N) is 2. The van der Waals surface area contributed by atoms with Gasteiger partial charge in [0.15, 0.2) is 0 Å². The van der Waals surface area contributed by atoms with Gasteiger partial charge in [0, 0.05) is 32.2 Å². The van der Waals surface area contributed by atoms with Crippen LogP contribution in [0.4, 0.5) is 0 Å². The van der Waals surface area contributed by atoms with Crippen molar-refractivity contribution < 1.29 is 4.79 Å². The van der Waals surface area contributed by atoms with E-state index in [4.69, 9.17) is 5.73 Å². The molecule has 1 aliphatic heterocycles. The van der Waals surface area contributed by atoms with Crippen LogP contribution in [0.1, 0.15) is 38.8 Å². The highest BCUT2D eigenvalue weighted by molar-refractivity contribution is 5.79. The van der Waals surface area contributed by atoms with E-state index >= 15 is 0 Å². The van der Waals surface area contributed by atoms with Crippen LogP contribution >= 0.6 is 0 Å². The summed E-state index contributed by atoms with van der Waals surface area (Å²) in [5.41, 5.74) is 7.35. The summed E-state index contributed by atoms with van der Waals surface area (Å²) >= 11 is 0. The number of nitrogens with two attached hydrogens (primary N) is 1. The smallest absolute Gasteiger partial charge is 0.227 e. The number of likely N-dealkylation sites (tertiary alicyclic amines) is 1. The zero-order chi connectivity index (χ0) is 17.0. The van der Waals surface area contributed by atoms with E-state index in [1.807, 2.05) is 49.2 Å². The van der Waals surface area contributed by atoms with Gasteiger partial charge in [-0.3, -0.25) is 4.79 Å². The molecule has 0 aromatic heterocycles. The van der Waals surface area contributed by atoms with Crippen molar-refractivity contribution in [2.75, 3.05) is 26.7 Å². The summed E-state index contributed by atoms with van der Waals surface area (Å²) in [7, 11) is 1.94. The third kappa shape index (κ3) is 4.12. The fourth-order valence-electron chi connectivity index (χ4n) is 3.68. The zero-order valence-corrected chi connectivity index (χ0v) is 14.9. The summed E-state index contributed by atoms with van der Waals surface area (Å²) in [5.74, 6) is 0.444. The number of amides is 1. The first-order valence-corrected chi connectivity index (χ1v) is 8.75. The zero-order valence-electron chi connectivity index (χ0n) is 14.9. The van der Waals surface area contributed by atoms with Gasteiger partial charge in [-0.05, 0) is 24.4 Å². The van der Waals surface area contributed by atoms with E-state index < -0.39 is 0 Å². The standard InChI is InChI=1S/C19H31N3O/c1-5-22-12-11-17(14(2)13-22)21(4)19(23)15(3)18(20)16-9-7-6-8-10-16/h6-10,14-15,17-18H,5,11-13,20H2,1-4H3/t14-,15+,17-,18+/m0/s1. The van der Waals surface area contributed by atoms with Crippen molar-refractivity contribution in [1.82, 2.24) is 9.80 Å². The number of carbonyl (C=O) groups is 1. The molecule has 4 atom stereocenters. The predicted octanol–water partition coefficient (Wildman–Crippen LogP) is 2.51. The number of piperidine rings is 1. The summed E-state index contributed by atoms with van der Waals surface area (Å²) in [4.78, 5) is 17.3. The minimum absolute atomic E-state index is 0.156. The Morgan fingerprint density at radius 3 is 2.61 bits per heavy atom. The van der Waals surface area contributed by atoms with Crippen molar-refractivity contribution in [3.8, 4) is 0 Å². The maximum absolute atomic E-state index is 12.9. The van der Waals surface area contributed by atoms with E-state index in [0.29, 0.717) is 12.0 Å². The van der Waals surface area contributed by atoms with Gasteiger partial charge in [0.2, 0.25) is 5.91 Å².